The molecule has 4 heteroatoms. The van der Waals surface area contributed by atoms with Gasteiger partial charge in [0, 0.05) is 34.9 Å². The Bertz CT molecular complexity index is 721. The normalized spacial score (nSPS) is 13.1. The number of aliphatic hydroxyl groups excluding tert-OH is 2. The summed E-state index contributed by atoms with van der Waals surface area (Å²) in [7, 11) is 0. The number of aromatic amines is 1. The molecule has 0 spiro atoms. The van der Waals surface area contributed by atoms with Gasteiger partial charge in [0.05, 0.1) is 12.7 Å². The molecule has 3 rings (SSSR count). The predicted molar refractivity (Wildman–Crippen MR) is 80.6 cm³/mol. The lowest BCUT2D eigenvalue weighted by Crippen LogP contribution is -2.28. The van der Waals surface area contributed by atoms with Gasteiger partial charge in [-0.05, 0) is 23.8 Å². The summed E-state index contributed by atoms with van der Waals surface area (Å²) in [6.45, 7) is 0.851. The van der Waals surface area contributed by atoms with E-state index in [1.165, 1.54) is 10.8 Å². The van der Waals surface area contributed by atoms with Gasteiger partial charge in [-0.2, -0.15) is 0 Å². The molecule has 2 aromatic carbocycles. The second kappa shape index (κ2) is 5.63. The first-order valence-corrected chi connectivity index (χ1v) is 6.77. The van der Waals surface area contributed by atoms with Gasteiger partial charge in [0.2, 0.25) is 0 Å². The maximum atomic E-state index is 9.30. The summed E-state index contributed by atoms with van der Waals surface area (Å²) in [5, 5.41) is 23.6. The molecule has 0 saturated heterocycles. The van der Waals surface area contributed by atoms with Crippen LogP contribution in [0.2, 0.25) is 0 Å². The summed E-state index contributed by atoms with van der Waals surface area (Å²) in [4.78, 5) is 3.40. The SMILES string of the molecule is OC[C@H](O)CNCc1ccc2[nH]c3ccccc3c2c1. The Hall–Kier alpha value is -1.88. The Balaban J connectivity index is 1.84. The average Bonchev–Trinajstić information content (AvgIpc) is 2.85. The van der Waals surface area contributed by atoms with Crippen molar-refractivity contribution in [3.05, 3.63) is 48.0 Å². The molecule has 4 N–H and O–H groups in total. The number of hydrogen-bond acceptors (Lipinski definition) is 3. The quantitative estimate of drug-likeness (QED) is 0.571. The van der Waals surface area contributed by atoms with Crippen molar-refractivity contribution in [2.75, 3.05) is 13.2 Å². The zero-order chi connectivity index (χ0) is 13.9. The van der Waals surface area contributed by atoms with Gasteiger partial charge >= 0.3 is 0 Å². The predicted octanol–water partition coefficient (Wildman–Crippen LogP) is 1.76. The molecular weight excluding hydrogens is 252 g/mol. The van der Waals surface area contributed by atoms with Crippen molar-refractivity contribution < 1.29 is 10.2 Å². The molecule has 3 aromatic rings. The number of benzene rings is 2. The van der Waals surface area contributed by atoms with Gasteiger partial charge < -0.3 is 20.5 Å². The molecule has 104 valence electrons. The third-order valence-corrected chi connectivity index (χ3v) is 3.49. The molecule has 1 aromatic heterocycles. The maximum Gasteiger partial charge on any atom is 0.0895 e. The summed E-state index contributed by atoms with van der Waals surface area (Å²) in [5.41, 5.74) is 3.43. The van der Waals surface area contributed by atoms with E-state index in [4.69, 9.17) is 5.11 Å². The van der Waals surface area contributed by atoms with Crippen LogP contribution < -0.4 is 5.32 Å². The van der Waals surface area contributed by atoms with Crippen LogP contribution in [0.5, 0.6) is 0 Å². The molecule has 0 unspecified atom stereocenters. The molecule has 1 heterocycles. The first kappa shape index (κ1) is 13.1. The molecule has 0 amide bonds. The number of fused-ring (bicyclic) bond motifs is 3. The average molecular weight is 270 g/mol. The van der Waals surface area contributed by atoms with Gasteiger partial charge in [0.15, 0.2) is 0 Å². The van der Waals surface area contributed by atoms with Crippen LogP contribution in [0, 0.1) is 0 Å². The van der Waals surface area contributed by atoms with Crippen LogP contribution in [0.4, 0.5) is 0 Å². The highest BCUT2D eigenvalue weighted by Gasteiger charge is 2.05. The van der Waals surface area contributed by atoms with Crippen molar-refractivity contribution in [1.82, 2.24) is 10.3 Å². The van der Waals surface area contributed by atoms with Gasteiger partial charge in [0.25, 0.3) is 0 Å². The molecule has 0 aliphatic carbocycles. The number of nitrogens with one attached hydrogen (secondary N) is 2. The van der Waals surface area contributed by atoms with E-state index in [2.05, 4.69) is 40.6 Å². The van der Waals surface area contributed by atoms with Crippen LogP contribution in [0.15, 0.2) is 42.5 Å². The number of rotatable bonds is 5. The number of hydrogen-bond donors (Lipinski definition) is 4. The Kier molecular flexibility index (Phi) is 3.69. The van der Waals surface area contributed by atoms with E-state index in [9.17, 15) is 5.11 Å². The Labute approximate surface area is 117 Å². The van der Waals surface area contributed by atoms with Crippen LogP contribution in [-0.4, -0.2) is 34.5 Å². The second-order valence-corrected chi connectivity index (χ2v) is 5.02. The third-order valence-electron chi connectivity index (χ3n) is 3.49. The number of aliphatic hydroxyl groups is 2. The summed E-state index contributed by atoms with van der Waals surface area (Å²) in [6.07, 6.45) is -0.702. The van der Waals surface area contributed by atoms with E-state index in [1.54, 1.807) is 0 Å². The molecule has 4 nitrogen and oxygen atoms in total. The number of para-hydroxylation sites is 1. The van der Waals surface area contributed by atoms with Crippen LogP contribution >= 0.6 is 0 Å². The smallest absolute Gasteiger partial charge is 0.0895 e. The van der Waals surface area contributed by atoms with Gasteiger partial charge in [-0.25, -0.2) is 0 Å². The summed E-state index contributed by atoms with van der Waals surface area (Å²) >= 11 is 0. The van der Waals surface area contributed by atoms with Gasteiger partial charge in [-0.1, -0.05) is 24.3 Å². The van der Waals surface area contributed by atoms with E-state index in [-0.39, 0.29) is 6.61 Å². The Morgan fingerprint density at radius 3 is 2.70 bits per heavy atom. The fourth-order valence-corrected chi connectivity index (χ4v) is 2.45. The number of H-pyrrole nitrogens is 1. The topological polar surface area (TPSA) is 68.3 Å². The molecule has 0 aliphatic heterocycles. The monoisotopic (exact) mass is 270 g/mol. The van der Waals surface area contributed by atoms with E-state index >= 15 is 0 Å². The largest absolute Gasteiger partial charge is 0.394 e. The van der Waals surface area contributed by atoms with Gasteiger partial charge in [-0.3, -0.25) is 0 Å². The maximum absolute atomic E-state index is 9.30. The van der Waals surface area contributed by atoms with Crippen LogP contribution in [-0.2, 0) is 6.54 Å². The molecule has 20 heavy (non-hydrogen) atoms. The lowest BCUT2D eigenvalue weighted by atomic mass is 10.1. The number of aromatic nitrogens is 1. The summed E-state index contributed by atoms with van der Waals surface area (Å²) in [5.74, 6) is 0. The van der Waals surface area contributed by atoms with Gasteiger partial charge in [-0.15, -0.1) is 0 Å². The minimum atomic E-state index is -0.702. The van der Waals surface area contributed by atoms with Crippen LogP contribution in [0.25, 0.3) is 21.8 Å². The van der Waals surface area contributed by atoms with Crippen molar-refractivity contribution in [2.24, 2.45) is 0 Å². The van der Waals surface area contributed by atoms with Crippen LogP contribution in [0.1, 0.15) is 5.56 Å². The fourth-order valence-electron chi connectivity index (χ4n) is 2.45. The van der Waals surface area contributed by atoms with Crippen molar-refractivity contribution >= 4 is 21.8 Å². The zero-order valence-electron chi connectivity index (χ0n) is 11.1. The highest BCUT2D eigenvalue weighted by atomic mass is 16.3. The van der Waals surface area contributed by atoms with Crippen molar-refractivity contribution in [3.63, 3.8) is 0 Å². The van der Waals surface area contributed by atoms with E-state index in [1.807, 2.05) is 12.1 Å². The van der Waals surface area contributed by atoms with Crippen molar-refractivity contribution in [1.29, 1.82) is 0 Å². The third kappa shape index (κ3) is 2.54. The minimum absolute atomic E-state index is 0.214. The first-order chi connectivity index (χ1) is 9.78. The molecular formula is C16H18N2O2. The van der Waals surface area contributed by atoms with Crippen LogP contribution in [0.3, 0.4) is 0 Å². The summed E-state index contributed by atoms with van der Waals surface area (Å²) in [6, 6.07) is 14.6. The second-order valence-electron chi connectivity index (χ2n) is 5.02. The van der Waals surface area contributed by atoms with E-state index in [0.29, 0.717) is 13.1 Å². The highest BCUT2D eigenvalue weighted by Crippen LogP contribution is 2.25. The molecule has 0 aliphatic rings. The zero-order valence-corrected chi connectivity index (χ0v) is 11.1. The first-order valence-electron chi connectivity index (χ1n) is 6.77. The molecule has 0 radical (unpaired) electrons. The molecule has 0 bridgehead atoms. The fraction of sp³-hybridized carbons (Fsp3) is 0.250. The van der Waals surface area contributed by atoms with Crippen molar-refractivity contribution in [3.8, 4) is 0 Å². The van der Waals surface area contributed by atoms with E-state index < -0.39 is 6.10 Å². The van der Waals surface area contributed by atoms with E-state index in [0.717, 1.165) is 16.6 Å². The van der Waals surface area contributed by atoms with Crippen molar-refractivity contribution in [2.45, 2.75) is 12.6 Å². The minimum Gasteiger partial charge on any atom is -0.394 e. The molecule has 0 saturated carbocycles. The molecule has 0 fully saturated rings. The Morgan fingerprint density at radius 1 is 1.05 bits per heavy atom. The lowest BCUT2D eigenvalue weighted by Gasteiger charge is -2.08. The lowest BCUT2D eigenvalue weighted by molar-refractivity contribution is 0.0942. The standard InChI is InChI=1S/C16H18N2O2/c19-10-12(20)9-17-8-11-5-6-16-14(7-11)13-3-1-2-4-15(13)18-16/h1-7,12,17-20H,8-10H2/t12-/m1/s1. The summed E-state index contributed by atoms with van der Waals surface area (Å²) < 4.78 is 0. The Morgan fingerprint density at radius 2 is 1.85 bits per heavy atom. The highest BCUT2D eigenvalue weighted by molar-refractivity contribution is 6.07. The molecule has 1 atom stereocenters. The van der Waals surface area contributed by atoms with Gasteiger partial charge in [0.1, 0.15) is 0 Å².